The summed E-state index contributed by atoms with van der Waals surface area (Å²) in [6, 6.07) is 2.39. The largest absolute Gasteiger partial charge is 0.306 e. The first kappa shape index (κ1) is 12.9. The Balaban J connectivity index is 1.71. The number of fused-ring (bicyclic) bond motifs is 2. The van der Waals surface area contributed by atoms with Crippen molar-refractivity contribution in [3.63, 3.8) is 0 Å². The van der Waals surface area contributed by atoms with Gasteiger partial charge in [0.15, 0.2) is 0 Å². The average molecular weight is 234 g/mol. The van der Waals surface area contributed by atoms with Crippen LogP contribution in [0, 0.1) is 34.5 Å². The molecule has 3 unspecified atom stereocenters. The second-order valence-corrected chi connectivity index (χ2v) is 6.94. The Kier molecular flexibility index (Phi) is 3.78. The highest BCUT2D eigenvalue weighted by molar-refractivity contribution is 4.93. The first-order valence-electron chi connectivity index (χ1n) is 7.10. The maximum absolute atomic E-state index is 9.01. The van der Waals surface area contributed by atoms with Crippen molar-refractivity contribution in [1.82, 2.24) is 4.90 Å². The van der Waals surface area contributed by atoms with Crippen LogP contribution in [0.5, 0.6) is 0 Å². The zero-order chi connectivity index (χ0) is 12.5. The Morgan fingerprint density at radius 1 is 1.29 bits per heavy atom. The molecule has 0 spiro atoms. The topological polar surface area (TPSA) is 27.0 Å². The summed E-state index contributed by atoms with van der Waals surface area (Å²) in [4.78, 5) is 2.45. The molecule has 2 bridgehead atoms. The van der Waals surface area contributed by atoms with Crippen LogP contribution in [-0.2, 0) is 0 Å². The van der Waals surface area contributed by atoms with Gasteiger partial charge in [-0.1, -0.05) is 6.42 Å². The molecule has 2 aliphatic rings. The molecular formula is C15H26N2. The predicted octanol–water partition coefficient (Wildman–Crippen LogP) is 3.29. The van der Waals surface area contributed by atoms with E-state index in [1.165, 1.54) is 32.2 Å². The Morgan fingerprint density at radius 3 is 2.59 bits per heavy atom. The molecule has 2 aliphatic carbocycles. The molecule has 0 aromatic heterocycles. The Labute approximate surface area is 106 Å². The molecule has 3 atom stereocenters. The van der Waals surface area contributed by atoms with Gasteiger partial charge >= 0.3 is 0 Å². The van der Waals surface area contributed by atoms with Crippen molar-refractivity contribution in [2.24, 2.45) is 23.2 Å². The van der Waals surface area contributed by atoms with Gasteiger partial charge in [-0.25, -0.2) is 0 Å². The van der Waals surface area contributed by atoms with Crippen LogP contribution >= 0.6 is 0 Å². The van der Waals surface area contributed by atoms with Crippen molar-refractivity contribution >= 4 is 0 Å². The third-order valence-electron chi connectivity index (χ3n) is 4.85. The number of hydrogen-bond acceptors (Lipinski definition) is 2. The molecule has 0 N–H and O–H groups in total. The number of nitriles is 1. The summed E-state index contributed by atoms with van der Waals surface area (Å²) in [6.45, 7) is 6.40. The molecule has 2 nitrogen and oxygen atoms in total. The van der Waals surface area contributed by atoms with Gasteiger partial charge in [-0.3, -0.25) is 0 Å². The SMILES string of the molecule is CN(CCC(C)(C)C#N)CC1CC2CCC1C2. The van der Waals surface area contributed by atoms with Crippen molar-refractivity contribution in [3.8, 4) is 6.07 Å². The lowest BCUT2D eigenvalue weighted by Gasteiger charge is -2.28. The highest BCUT2D eigenvalue weighted by Gasteiger charge is 2.39. The van der Waals surface area contributed by atoms with Crippen molar-refractivity contribution < 1.29 is 0 Å². The lowest BCUT2D eigenvalue weighted by molar-refractivity contribution is 0.205. The van der Waals surface area contributed by atoms with Gasteiger partial charge in [0.25, 0.3) is 0 Å². The summed E-state index contributed by atoms with van der Waals surface area (Å²) in [5.41, 5.74) is -0.164. The van der Waals surface area contributed by atoms with Gasteiger partial charge < -0.3 is 4.90 Å². The maximum Gasteiger partial charge on any atom is 0.0684 e. The van der Waals surface area contributed by atoms with Gasteiger partial charge in [0.2, 0.25) is 0 Å². The van der Waals surface area contributed by atoms with E-state index in [9.17, 15) is 0 Å². The zero-order valence-electron chi connectivity index (χ0n) is 11.6. The fraction of sp³-hybridized carbons (Fsp3) is 0.933. The highest BCUT2D eigenvalue weighted by atomic mass is 15.1. The van der Waals surface area contributed by atoms with Crippen LogP contribution in [0.15, 0.2) is 0 Å². The lowest BCUT2D eigenvalue weighted by atomic mass is 9.88. The third-order valence-corrected chi connectivity index (χ3v) is 4.85. The molecule has 0 heterocycles. The number of rotatable bonds is 5. The van der Waals surface area contributed by atoms with E-state index in [4.69, 9.17) is 5.26 Å². The van der Waals surface area contributed by atoms with Gasteiger partial charge in [0.1, 0.15) is 0 Å². The van der Waals surface area contributed by atoms with Crippen LogP contribution in [0.25, 0.3) is 0 Å². The van der Waals surface area contributed by atoms with E-state index in [0.29, 0.717) is 0 Å². The molecule has 96 valence electrons. The van der Waals surface area contributed by atoms with Gasteiger partial charge in [-0.15, -0.1) is 0 Å². The second-order valence-electron chi connectivity index (χ2n) is 6.94. The minimum atomic E-state index is -0.164. The van der Waals surface area contributed by atoms with Crippen LogP contribution in [0.3, 0.4) is 0 Å². The smallest absolute Gasteiger partial charge is 0.0684 e. The maximum atomic E-state index is 9.01. The van der Waals surface area contributed by atoms with Gasteiger partial charge in [-0.05, 0) is 70.9 Å². The summed E-state index contributed by atoms with van der Waals surface area (Å²) in [7, 11) is 2.22. The quantitative estimate of drug-likeness (QED) is 0.730. The summed E-state index contributed by atoms with van der Waals surface area (Å²) >= 11 is 0. The van der Waals surface area contributed by atoms with Crippen molar-refractivity contribution in [3.05, 3.63) is 0 Å². The predicted molar refractivity (Wildman–Crippen MR) is 70.4 cm³/mol. The van der Waals surface area contributed by atoms with Crippen LogP contribution in [0.2, 0.25) is 0 Å². The minimum Gasteiger partial charge on any atom is -0.306 e. The molecule has 17 heavy (non-hydrogen) atoms. The standard InChI is InChI=1S/C15H26N2/c1-15(2,11-16)6-7-17(3)10-14-9-12-4-5-13(14)8-12/h12-14H,4-10H2,1-3H3. The monoisotopic (exact) mass is 234 g/mol. The molecule has 0 aromatic carbocycles. The van der Waals surface area contributed by atoms with E-state index in [2.05, 4.69) is 18.0 Å². The average Bonchev–Trinajstić information content (AvgIpc) is 2.88. The molecule has 0 amide bonds. The van der Waals surface area contributed by atoms with E-state index in [1.54, 1.807) is 0 Å². The van der Waals surface area contributed by atoms with E-state index >= 15 is 0 Å². The van der Waals surface area contributed by atoms with Crippen LogP contribution in [-0.4, -0.2) is 25.0 Å². The normalized spacial score (nSPS) is 32.1. The molecule has 0 aromatic rings. The van der Waals surface area contributed by atoms with Crippen molar-refractivity contribution in [2.45, 2.75) is 46.0 Å². The molecule has 0 aliphatic heterocycles. The van der Waals surface area contributed by atoms with E-state index in [-0.39, 0.29) is 5.41 Å². The summed E-state index contributed by atoms with van der Waals surface area (Å²) in [5, 5.41) is 9.01. The van der Waals surface area contributed by atoms with E-state index in [0.717, 1.165) is 30.7 Å². The van der Waals surface area contributed by atoms with Crippen LogP contribution in [0.1, 0.15) is 46.0 Å². The van der Waals surface area contributed by atoms with Crippen LogP contribution < -0.4 is 0 Å². The van der Waals surface area contributed by atoms with Gasteiger partial charge in [-0.2, -0.15) is 5.26 Å². The summed E-state index contributed by atoms with van der Waals surface area (Å²) < 4.78 is 0. The number of nitrogens with zero attached hydrogens (tertiary/aromatic N) is 2. The first-order chi connectivity index (χ1) is 8.00. The van der Waals surface area contributed by atoms with Crippen LogP contribution in [0.4, 0.5) is 0 Å². The fourth-order valence-electron chi connectivity index (χ4n) is 3.62. The third kappa shape index (κ3) is 3.22. The highest BCUT2D eigenvalue weighted by Crippen LogP contribution is 2.48. The van der Waals surface area contributed by atoms with E-state index < -0.39 is 0 Å². The van der Waals surface area contributed by atoms with Gasteiger partial charge in [0.05, 0.1) is 11.5 Å². The molecule has 2 fully saturated rings. The molecule has 0 radical (unpaired) electrons. The minimum absolute atomic E-state index is 0.164. The van der Waals surface area contributed by atoms with Crippen molar-refractivity contribution in [2.75, 3.05) is 20.1 Å². The summed E-state index contributed by atoms with van der Waals surface area (Å²) in [6.07, 6.45) is 6.93. The second kappa shape index (κ2) is 4.98. The Hall–Kier alpha value is -0.550. The Morgan fingerprint density at radius 2 is 2.06 bits per heavy atom. The zero-order valence-corrected chi connectivity index (χ0v) is 11.6. The first-order valence-corrected chi connectivity index (χ1v) is 7.10. The molecule has 2 heteroatoms. The molecule has 0 saturated heterocycles. The lowest BCUT2D eigenvalue weighted by Crippen LogP contribution is -2.31. The summed E-state index contributed by atoms with van der Waals surface area (Å²) in [5.74, 6) is 3.02. The Bertz CT molecular complexity index is 303. The fourth-order valence-corrected chi connectivity index (χ4v) is 3.62. The van der Waals surface area contributed by atoms with Gasteiger partial charge in [0, 0.05) is 6.54 Å². The van der Waals surface area contributed by atoms with Crippen molar-refractivity contribution in [1.29, 1.82) is 5.26 Å². The molecule has 2 rings (SSSR count). The number of hydrogen-bond donors (Lipinski definition) is 0. The molecular weight excluding hydrogens is 208 g/mol. The van der Waals surface area contributed by atoms with E-state index in [1.807, 2.05) is 13.8 Å². The molecule has 2 saturated carbocycles.